The van der Waals surface area contributed by atoms with E-state index >= 15 is 0 Å². The van der Waals surface area contributed by atoms with Crippen molar-refractivity contribution >= 4 is 29.0 Å². The number of thiophene rings is 1. The SMILES string of the molecule is CCC1c2ccsc2CCN1C(=O)CSc1nnc(CN2CCCC2)n1Cc1ccccc1. The van der Waals surface area contributed by atoms with Crippen LogP contribution >= 0.6 is 23.1 Å². The van der Waals surface area contributed by atoms with Gasteiger partial charge in [0.05, 0.1) is 24.9 Å². The summed E-state index contributed by atoms with van der Waals surface area (Å²) in [7, 11) is 0. The molecule has 1 aromatic carbocycles. The predicted octanol–water partition coefficient (Wildman–Crippen LogP) is 4.61. The van der Waals surface area contributed by atoms with Crippen molar-refractivity contribution < 1.29 is 4.79 Å². The van der Waals surface area contributed by atoms with Crippen LogP contribution in [0.2, 0.25) is 0 Å². The highest BCUT2D eigenvalue weighted by Crippen LogP contribution is 2.35. The van der Waals surface area contributed by atoms with Gasteiger partial charge in [0.1, 0.15) is 5.82 Å². The van der Waals surface area contributed by atoms with Crippen LogP contribution in [0.4, 0.5) is 0 Å². The Morgan fingerprint density at radius 3 is 2.70 bits per heavy atom. The third-order valence-corrected chi connectivity index (χ3v) is 8.62. The lowest BCUT2D eigenvalue weighted by molar-refractivity contribution is -0.131. The fourth-order valence-corrected chi connectivity index (χ4v) is 6.72. The molecule has 2 aliphatic rings. The van der Waals surface area contributed by atoms with Gasteiger partial charge in [-0.3, -0.25) is 9.69 Å². The van der Waals surface area contributed by atoms with E-state index in [1.54, 1.807) is 0 Å². The monoisotopic (exact) mass is 481 g/mol. The summed E-state index contributed by atoms with van der Waals surface area (Å²) in [6.45, 7) is 6.77. The van der Waals surface area contributed by atoms with Crippen molar-refractivity contribution in [2.75, 3.05) is 25.4 Å². The second-order valence-corrected chi connectivity index (χ2v) is 10.7. The largest absolute Gasteiger partial charge is 0.335 e. The lowest BCUT2D eigenvalue weighted by Gasteiger charge is -2.35. The van der Waals surface area contributed by atoms with Gasteiger partial charge in [-0.05, 0) is 61.3 Å². The van der Waals surface area contributed by atoms with E-state index in [4.69, 9.17) is 0 Å². The van der Waals surface area contributed by atoms with Crippen LogP contribution in [0.5, 0.6) is 0 Å². The minimum Gasteiger partial charge on any atom is -0.335 e. The molecule has 0 bridgehead atoms. The molecule has 3 aromatic rings. The zero-order valence-corrected chi connectivity index (χ0v) is 20.8. The fraction of sp³-hybridized carbons (Fsp3) is 0.480. The molecule has 1 unspecified atom stereocenters. The van der Waals surface area contributed by atoms with Crippen LogP contribution in [0.1, 0.15) is 54.1 Å². The number of carbonyl (C=O) groups is 1. The molecular weight excluding hydrogens is 450 g/mol. The molecule has 6 nitrogen and oxygen atoms in total. The van der Waals surface area contributed by atoms with E-state index in [0.717, 1.165) is 56.5 Å². The number of carbonyl (C=O) groups excluding carboxylic acids is 1. The number of amides is 1. The van der Waals surface area contributed by atoms with Gasteiger partial charge in [-0.2, -0.15) is 0 Å². The van der Waals surface area contributed by atoms with E-state index in [2.05, 4.69) is 67.2 Å². The summed E-state index contributed by atoms with van der Waals surface area (Å²) in [5.74, 6) is 1.58. The second-order valence-electron chi connectivity index (χ2n) is 8.80. The molecule has 2 aliphatic heterocycles. The van der Waals surface area contributed by atoms with Gasteiger partial charge in [-0.25, -0.2) is 0 Å². The smallest absolute Gasteiger partial charge is 0.233 e. The molecule has 0 N–H and O–H groups in total. The van der Waals surface area contributed by atoms with Gasteiger partial charge in [0, 0.05) is 11.4 Å². The molecule has 1 atom stereocenters. The summed E-state index contributed by atoms with van der Waals surface area (Å²) in [5.41, 5.74) is 2.56. The molecule has 5 rings (SSSR count). The number of likely N-dealkylation sites (tertiary alicyclic amines) is 1. The van der Waals surface area contributed by atoms with Crippen LogP contribution in [-0.4, -0.2) is 55.9 Å². The first kappa shape index (κ1) is 22.6. The summed E-state index contributed by atoms with van der Waals surface area (Å²) >= 11 is 3.34. The van der Waals surface area contributed by atoms with E-state index in [-0.39, 0.29) is 11.9 Å². The Morgan fingerprint density at radius 2 is 1.91 bits per heavy atom. The van der Waals surface area contributed by atoms with E-state index in [1.165, 1.54) is 40.6 Å². The Bertz CT molecular complexity index is 1070. The van der Waals surface area contributed by atoms with Gasteiger partial charge in [-0.15, -0.1) is 21.5 Å². The number of rotatable bonds is 8. The van der Waals surface area contributed by atoms with Gasteiger partial charge >= 0.3 is 0 Å². The minimum atomic E-state index is 0.194. The molecule has 33 heavy (non-hydrogen) atoms. The Kier molecular flexibility index (Phi) is 7.13. The third kappa shape index (κ3) is 5.03. The van der Waals surface area contributed by atoms with Crippen molar-refractivity contribution in [3.05, 3.63) is 63.6 Å². The van der Waals surface area contributed by atoms with E-state index in [9.17, 15) is 4.79 Å². The van der Waals surface area contributed by atoms with Crippen molar-refractivity contribution in [1.29, 1.82) is 0 Å². The molecule has 0 aliphatic carbocycles. The van der Waals surface area contributed by atoms with Crippen LogP contribution in [0.3, 0.4) is 0 Å². The second kappa shape index (κ2) is 10.4. The maximum Gasteiger partial charge on any atom is 0.233 e. The van der Waals surface area contributed by atoms with E-state index in [0.29, 0.717) is 5.75 Å². The Hall–Kier alpha value is -2.16. The Balaban J connectivity index is 1.31. The van der Waals surface area contributed by atoms with Crippen molar-refractivity contribution in [1.82, 2.24) is 24.6 Å². The van der Waals surface area contributed by atoms with Crippen molar-refractivity contribution in [2.24, 2.45) is 0 Å². The zero-order valence-electron chi connectivity index (χ0n) is 19.2. The number of thioether (sulfide) groups is 1. The van der Waals surface area contributed by atoms with Gasteiger partial charge < -0.3 is 9.47 Å². The first-order valence-electron chi connectivity index (χ1n) is 11.9. The normalized spacial score (nSPS) is 18.6. The number of aromatic nitrogens is 3. The molecule has 0 saturated carbocycles. The van der Waals surface area contributed by atoms with Gasteiger partial charge in [0.2, 0.25) is 5.91 Å². The number of hydrogen-bond acceptors (Lipinski definition) is 6. The lowest BCUT2D eigenvalue weighted by atomic mass is 9.98. The first-order valence-corrected chi connectivity index (χ1v) is 13.8. The average Bonchev–Trinajstić information content (AvgIpc) is 3.60. The third-order valence-electron chi connectivity index (χ3n) is 6.67. The highest BCUT2D eigenvalue weighted by atomic mass is 32.2. The minimum absolute atomic E-state index is 0.194. The summed E-state index contributed by atoms with van der Waals surface area (Å²) < 4.78 is 2.20. The Morgan fingerprint density at radius 1 is 1.09 bits per heavy atom. The standard InChI is InChI=1S/C25H31N5OS2/c1-2-21-20-11-15-32-22(20)10-14-29(21)24(31)18-33-25-27-26-23(17-28-12-6-7-13-28)30(25)16-19-8-4-3-5-9-19/h3-5,8-9,11,15,21H,2,6-7,10,12-14,16-18H2,1H3. The van der Waals surface area contributed by atoms with E-state index in [1.807, 2.05) is 17.4 Å². The fourth-order valence-electron chi connectivity index (χ4n) is 4.95. The summed E-state index contributed by atoms with van der Waals surface area (Å²) in [4.78, 5) is 19.2. The van der Waals surface area contributed by atoms with Crippen molar-refractivity contribution in [3.63, 3.8) is 0 Å². The molecular formula is C25H31N5OS2. The topological polar surface area (TPSA) is 54.3 Å². The molecule has 0 spiro atoms. The molecule has 1 saturated heterocycles. The molecule has 8 heteroatoms. The van der Waals surface area contributed by atoms with Crippen LogP contribution in [0, 0.1) is 0 Å². The van der Waals surface area contributed by atoms with Crippen molar-refractivity contribution in [2.45, 2.75) is 56.9 Å². The van der Waals surface area contributed by atoms with Gasteiger partial charge in [0.25, 0.3) is 0 Å². The van der Waals surface area contributed by atoms with Gasteiger partial charge in [0.15, 0.2) is 5.16 Å². The highest BCUT2D eigenvalue weighted by molar-refractivity contribution is 7.99. The highest BCUT2D eigenvalue weighted by Gasteiger charge is 2.30. The summed E-state index contributed by atoms with van der Waals surface area (Å²) in [5, 5.41) is 12.1. The molecule has 174 valence electrons. The summed E-state index contributed by atoms with van der Waals surface area (Å²) in [6.07, 6.45) is 4.42. The summed E-state index contributed by atoms with van der Waals surface area (Å²) in [6, 6.07) is 12.8. The average molecular weight is 482 g/mol. The van der Waals surface area contributed by atoms with Crippen LogP contribution in [0.25, 0.3) is 0 Å². The molecule has 4 heterocycles. The quantitative estimate of drug-likeness (QED) is 0.440. The number of benzene rings is 1. The number of fused-ring (bicyclic) bond motifs is 1. The Labute approximate surface area is 204 Å². The lowest BCUT2D eigenvalue weighted by Crippen LogP contribution is -2.40. The van der Waals surface area contributed by atoms with E-state index < -0.39 is 0 Å². The number of nitrogens with zero attached hydrogens (tertiary/aromatic N) is 5. The van der Waals surface area contributed by atoms with Crippen LogP contribution < -0.4 is 0 Å². The van der Waals surface area contributed by atoms with Gasteiger partial charge in [-0.1, -0.05) is 49.0 Å². The molecule has 2 aromatic heterocycles. The van der Waals surface area contributed by atoms with Crippen molar-refractivity contribution in [3.8, 4) is 0 Å². The zero-order chi connectivity index (χ0) is 22.6. The maximum absolute atomic E-state index is 13.3. The first-order chi connectivity index (χ1) is 16.2. The maximum atomic E-state index is 13.3. The molecule has 1 amide bonds. The van der Waals surface area contributed by atoms with Crippen LogP contribution in [-0.2, 0) is 24.3 Å². The molecule has 1 fully saturated rings. The van der Waals surface area contributed by atoms with Crippen LogP contribution in [0.15, 0.2) is 46.9 Å². The number of hydrogen-bond donors (Lipinski definition) is 0. The predicted molar refractivity (Wildman–Crippen MR) is 134 cm³/mol. The molecule has 0 radical (unpaired) electrons.